The topological polar surface area (TPSA) is 37.4 Å². The second-order valence-corrected chi connectivity index (χ2v) is 3.89. The molecule has 1 rings (SSSR count). The fourth-order valence-electron chi connectivity index (χ4n) is 1.67. The highest BCUT2D eigenvalue weighted by atomic mass is 16.1. The molecule has 0 aliphatic rings. The van der Waals surface area contributed by atoms with Crippen LogP contribution in [0.2, 0.25) is 0 Å². The van der Waals surface area contributed by atoms with Crippen LogP contribution in [0.4, 0.5) is 5.69 Å². The van der Waals surface area contributed by atoms with E-state index in [1.807, 2.05) is 31.2 Å². The number of amides is 1. The standard InChI is InChI=1S/C15H17NO2/c1-3-5-6-13-7-9-15(10-8-13)16(12-18)14(4-2)11-17/h7-12,14H,4,6H2,1-2H3. The van der Waals surface area contributed by atoms with E-state index in [0.29, 0.717) is 19.3 Å². The minimum Gasteiger partial charge on any atom is -0.305 e. The number of hydrogen-bond acceptors (Lipinski definition) is 2. The fourth-order valence-corrected chi connectivity index (χ4v) is 1.67. The third-order valence-electron chi connectivity index (χ3n) is 2.75. The summed E-state index contributed by atoms with van der Waals surface area (Å²) < 4.78 is 0. The van der Waals surface area contributed by atoms with Crippen LogP contribution in [0.5, 0.6) is 0 Å². The van der Waals surface area contributed by atoms with Crippen LogP contribution in [-0.4, -0.2) is 18.7 Å². The molecule has 18 heavy (non-hydrogen) atoms. The number of anilines is 1. The third-order valence-corrected chi connectivity index (χ3v) is 2.75. The number of carbonyl (C=O) groups is 2. The van der Waals surface area contributed by atoms with E-state index in [4.69, 9.17) is 0 Å². The van der Waals surface area contributed by atoms with Gasteiger partial charge in [0.25, 0.3) is 0 Å². The molecule has 1 unspecified atom stereocenters. The molecule has 1 amide bonds. The summed E-state index contributed by atoms with van der Waals surface area (Å²) >= 11 is 0. The first kappa shape index (κ1) is 14.0. The van der Waals surface area contributed by atoms with E-state index >= 15 is 0 Å². The number of aldehydes is 1. The van der Waals surface area contributed by atoms with Gasteiger partial charge in [-0.1, -0.05) is 25.0 Å². The summed E-state index contributed by atoms with van der Waals surface area (Å²) in [5.41, 5.74) is 1.83. The average molecular weight is 243 g/mol. The van der Waals surface area contributed by atoms with Crippen LogP contribution in [-0.2, 0) is 16.0 Å². The number of benzene rings is 1. The number of nitrogens with zero attached hydrogens (tertiary/aromatic N) is 1. The van der Waals surface area contributed by atoms with Gasteiger partial charge in [0, 0.05) is 12.1 Å². The summed E-state index contributed by atoms with van der Waals surface area (Å²) in [5.74, 6) is 5.82. The van der Waals surface area contributed by atoms with Crippen molar-refractivity contribution in [3.63, 3.8) is 0 Å². The Bertz CT molecular complexity index is 454. The maximum Gasteiger partial charge on any atom is 0.214 e. The SMILES string of the molecule is CC#CCc1ccc(N(C=O)C(C=O)CC)cc1. The average Bonchev–Trinajstić information content (AvgIpc) is 2.43. The lowest BCUT2D eigenvalue weighted by Gasteiger charge is -2.22. The van der Waals surface area contributed by atoms with Crippen LogP contribution in [0, 0.1) is 11.8 Å². The van der Waals surface area contributed by atoms with Crippen LogP contribution in [0.1, 0.15) is 25.8 Å². The van der Waals surface area contributed by atoms with Gasteiger partial charge in [-0.15, -0.1) is 5.92 Å². The van der Waals surface area contributed by atoms with Gasteiger partial charge in [0.2, 0.25) is 6.41 Å². The largest absolute Gasteiger partial charge is 0.305 e. The first-order valence-electron chi connectivity index (χ1n) is 5.94. The van der Waals surface area contributed by atoms with Crippen molar-refractivity contribution in [1.29, 1.82) is 0 Å². The Hall–Kier alpha value is -2.08. The molecule has 0 aliphatic carbocycles. The van der Waals surface area contributed by atoms with Crippen LogP contribution in [0.15, 0.2) is 24.3 Å². The molecule has 1 atom stereocenters. The first-order chi connectivity index (χ1) is 8.76. The van der Waals surface area contributed by atoms with Gasteiger partial charge in [-0.2, -0.15) is 0 Å². The van der Waals surface area contributed by atoms with Gasteiger partial charge in [-0.05, 0) is 31.0 Å². The van der Waals surface area contributed by atoms with E-state index in [2.05, 4.69) is 11.8 Å². The zero-order valence-corrected chi connectivity index (χ0v) is 10.7. The van der Waals surface area contributed by atoms with Gasteiger partial charge in [0.1, 0.15) is 6.29 Å². The summed E-state index contributed by atoms with van der Waals surface area (Å²) in [5, 5.41) is 0. The van der Waals surface area contributed by atoms with E-state index in [1.165, 1.54) is 4.90 Å². The van der Waals surface area contributed by atoms with Crippen LogP contribution < -0.4 is 4.90 Å². The highest BCUT2D eigenvalue weighted by molar-refractivity contribution is 5.82. The van der Waals surface area contributed by atoms with Gasteiger partial charge >= 0.3 is 0 Å². The number of rotatable bonds is 6. The number of hydrogen-bond donors (Lipinski definition) is 0. The normalized spacial score (nSPS) is 11.0. The number of carbonyl (C=O) groups excluding carboxylic acids is 2. The Morgan fingerprint density at radius 3 is 2.39 bits per heavy atom. The van der Waals surface area contributed by atoms with Crippen molar-refractivity contribution < 1.29 is 9.59 Å². The highest BCUT2D eigenvalue weighted by Gasteiger charge is 2.15. The lowest BCUT2D eigenvalue weighted by molar-refractivity contribution is -0.113. The molecule has 0 bridgehead atoms. The maximum absolute atomic E-state index is 11.1. The molecule has 1 aromatic carbocycles. The van der Waals surface area contributed by atoms with Crippen molar-refractivity contribution in [2.75, 3.05) is 4.90 Å². The van der Waals surface area contributed by atoms with Crippen LogP contribution in [0.3, 0.4) is 0 Å². The molecular formula is C15H17NO2. The molecule has 94 valence electrons. The van der Waals surface area contributed by atoms with E-state index < -0.39 is 6.04 Å². The van der Waals surface area contributed by atoms with Crippen molar-refractivity contribution in [3.8, 4) is 11.8 Å². The quantitative estimate of drug-likeness (QED) is 0.567. The van der Waals surface area contributed by atoms with Gasteiger partial charge in [-0.25, -0.2) is 0 Å². The monoisotopic (exact) mass is 243 g/mol. The summed E-state index contributed by atoms with van der Waals surface area (Å²) in [7, 11) is 0. The predicted octanol–water partition coefficient (Wildman–Crippen LogP) is 2.19. The lowest BCUT2D eigenvalue weighted by Crippen LogP contribution is -2.34. The summed E-state index contributed by atoms with van der Waals surface area (Å²) in [6.45, 7) is 3.68. The van der Waals surface area contributed by atoms with Crippen molar-refractivity contribution in [1.82, 2.24) is 0 Å². The molecule has 0 spiro atoms. The minimum absolute atomic E-state index is 0.399. The van der Waals surface area contributed by atoms with Crippen LogP contribution in [0.25, 0.3) is 0 Å². The molecule has 0 heterocycles. The molecule has 3 nitrogen and oxygen atoms in total. The summed E-state index contributed by atoms with van der Waals surface area (Å²) in [4.78, 5) is 23.4. The molecule has 0 aliphatic heterocycles. The molecular weight excluding hydrogens is 226 g/mol. The van der Waals surface area contributed by atoms with Gasteiger partial charge < -0.3 is 9.69 Å². The summed E-state index contributed by atoms with van der Waals surface area (Å²) in [6.07, 6.45) is 2.79. The molecule has 0 fully saturated rings. The third kappa shape index (κ3) is 3.46. The van der Waals surface area contributed by atoms with Crippen LogP contribution >= 0.6 is 0 Å². The second-order valence-electron chi connectivity index (χ2n) is 3.89. The smallest absolute Gasteiger partial charge is 0.214 e. The highest BCUT2D eigenvalue weighted by Crippen LogP contribution is 2.17. The van der Waals surface area contributed by atoms with E-state index in [0.717, 1.165) is 17.5 Å². The van der Waals surface area contributed by atoms with Gasteiger partial charge in [0.05, 0.1) is 6.04 Å². The molecule has 3 heteroatoms. The van der Waals surface area contributed by atoms with Crippen molar-refractivity contribution in [3.05, 3.63) is 29.8 Å². The van der Waals surface area contributed by atoms with Gasteiger partial charge in [-0.3, -0.25) is 4.79 Å². The Morgan fingerprint density at radius 2 is 1.94 bits per heavy atom. The lowest BCUT2D eigenvalue weighted by atomic mass is 10.1. The minimum atomic E-state index is -0.399. The molecule has 0 saturated heterocycles. The zero-order chi connectivity index (χ0) is 13.4. The molecule has 0 aromatic heterocycles. The van der Waals surface area contributed by atoms with E-state index in [1.54, 1.807) is 6.92 Å². The molecule has 0 radical (unpaired) electrons. The second kappa shape index (κ2) is 7.29. The first-order valence-corrected chi connectivity index (χ1v) is 5.94. The van der Waals surface area contributed by atoms with Crippen molar-refractivity contribution >= 4 is 18.4 Å². The molecule has 0 N–H and O–H groups in total. The Labute approximate surface area is 108 Å². The molecule has 0 saturated carbocycles. The Morgan fingerprint density at radius 1 is 1.28 bits per heavy atom. The zero-order valence-electron chi connectivity index (χ0n) is 10.7. The van der Waals surface area contributed by atoms with Gasteiger partial charge in [0.15, 0.2) is 0 Å². The summed E-state index contributed by atoms with van der Waals surface area (Å²) in [6, 6.07) is 7.13. The van der Waals surface area contributed by atoms with Crippen molar-refractivity contribution in [2.45, 2.75) is 32.7 Å². The Balaban J connectivity index is 2.89. The van der Waals surface area contributed by atoms with E-state index in [-0.39, 0.29) is 0 Å². The molecule has 1 aromatic rings. The fraction of sp³-hybridized carbons (Fsp3) is 0.333. The maximum atomic E-state index is 11.1. The van der Waals surface area contributed by atoms with Crippen molar-refractivity contribution in [2.24, 2.45) is 0 Å². The van der Waals surface area contributed by atoms with E-state index in [9.17, 15) is 9.59 Å². The predicted molar refractivity (Wildman–Crippen MR) is 72.3 cm³/mol. The Kier molecular flexibility index (Phi) is 5.66.